The largest absolute Gasteiger partial charge is 0.480 e. The second-order valence-corrected chi connectivity index (χ2v) is 10.8. The maximum atomic E-state index is 13.1. The van der Waals surface area contributed by atoms with Gasteiger partial charge in [-0.1, -0.05) is 12.1 Å². The number of fused-ring (bicyclic) bond motifs is 2. The molecule has 0 spiro atoms. The summed E-state index contributed by atoms with van der Waals surface area (Å²) < 4.78 is 1.68. The van der Waals surface area contributed by atoms with Crippen molar-refractivity contribution in [3.05, 3.63) is 53.3 Å². The van der Waals surface area contributed by atoms with Gasteiger partial charge < -0.3 is 20.8 Å². The third-order valence-electron chi connectivity index (χ3n) is 8.18. The first-order valence-corrected chi connectivity index (χ1v) is 13.9. The number of amides is 1. The Balaban J connectivity index is 1.17. The number of anilines is 1. The van der Waals surface area contributed by atoms with Crippen LogP contribution in [0.25, 0.3) is 10.9 Å². The molecule has 1 unspecified atom stereocenters. The van der Waals surface area contributed by atoms with E-state index in [0.717, 1.165) is 75.1 Å². The minimum Gasteiger partial charge on any atom is -0.480 e. The number of carbonyl (C=O) groups excluding carboxylic acids is 1. The summed E-state index contributed by atoms with van der Waals surface area (Å²) in [4.78, 5) is 32.1. The highest BCUT2D eigenvalue weighted by molar-refractivity contribution is 6.07. The molecule has 0 saturated heterocycles. The van der Waals surface area contributed by atoms with E-state index in [1.54, 1.807) is 30.1 Å². The predicted molar refractivity (Wildman–Crippen MR) is 149 cm³/mol. The summed E-state index contributed by atoms with van der Waals surface area (Å²) in [6, 6.07) is 8.58. The molecule has 1 amide bonds. The van der Waals surface area contributed by atoms with Crippen LogP contribution in [0.1, 0.15) is 60.1 Å². The first kappa shape index (κ1) is 27.1. The Bertz CT molecular complexity index is 1330. The Hall–Kier alpha value is -3.50. The number of hydrogen-bond donors (Lipinski definition) is 4. The maximum Gasteiger partial charge on any atom is 0.326 e. The topological polar surface area (TPSA) is 133 Å². The number of carboxylic acid groups (broad SMARTS) is 1. The van der Waals surface area contributed by atoms with Crippen molar-refractivity contribution in [2.24, 2.45) is 7.05 Å². The molecule has 208 valence electrons. The second-order valence-electron chi connectivity index (χ2n) is 10.8. The number of aromatic nitrogens is 3. The number of pyridine rings is 1. The Morgan fingerprint density at radius 2 is 2.05 bits per heavy atom. The molecule has 0 radical (unpaired) electrons. The van der Waals surface area contributed by atoms with Crippen LogP contribution >= 0.6 is 0 Å². The van der Waals surface area contributed by atoms with Crippen molar-refractivity contribution in [2.45, 2.75) is 62.9 Å². The lowest BCUT2D eigenvalue weighted by Gasteiger charge is -2.31. The Morgan fingerprint density at radius 1 is 1.21 bits per heavy atom. The van der Waals surface area contributed by atoms with Crippen LogP contribution in [-0.2, 0) is 24.7 Å². The predicted octanol–water partition coefficient (Wildman–Crippen LogP) is 2.75. The number of carbonyl (C=O) groups is 2. The number of rotatable bonds is 13. The van der Waals surface area contributed by atoms with Crippen molar-refractivity contribution in [1.82, 2.24) is 25.0 Å². The zero-order chi connectivity index (χ0) is 27.4. The van der Waals surface area contributed by atoms with Crippen LogP contribution in [0.4, 0.5) is 5.82 Å². The summed E-state index contributed by atoms with van der Waals surface area (Å²) in [6.45, 7) is 2.27. The first-order valence-electron chi connectivity index (χ1n) is 13.9. The monoisotopic (exact) mass is 534 g/mol. The second kappa shape index (κ2) is 11.7. The molecule has 1 aromatic carbocycles. The number of benzene rings is 1. The fourth-order valence-electron chi connectivity index (χ4n) is 5.58. The van der Waals surface area contributed by atoms with Gasteiger partial charge >= 0.3 is 5.97 Å². The minimum atomic E-state index is -1.07. The van der Waals surface area contributed by atoms with Crippen LogP contribution in [0.3, 0.4) is 0 Å². The number of nitrogens with one attached hydrogen (secondary N) is 2. The average Bonchev–Trinajstić information content (AvgIpc) is 3.66. The van der Waals surface area contributed by atoms with Gasteiger partial charge in [-0.3, -0.25) is 14.4 Å². The molecule has 1 aliphatic carbocycles. The van der Waals surface area contributed by atoms with Crippen molar-refractivity contribution in [3.8, 4) is 0 Å². The summed E-state index contributed by atoms with van der Waals surface area (Å²) in [5.41, 5.74) is 3.30. The quantitative estimate of drug-likeness (QED) is 0.246. The summed E-state index contributed by atoms with van der Waals surface area (Å²) >= 11 is 0. The fourth-order valence-corrected chi connectivity index (χ4v) is 5.58. The molecule has 0 bridgehead atoms. The summed E-state index contributed by atoms with van der Waals surface area (Å²) in [5, 5.41) is 31.0. The molecule has 2 aromatic heterocycles. The fraction of sp³-hybridized carbons (Fsp3) is 0.517. The molecule has 1 atom stereocenters. The average molecular weight is 535 g/mol. The van der Waals surface area contributed by atoms with Gasteiger partial charge in [0.1, 0.15) is 11.9 Å². The number of aryl methyl sites for hydroxylation is 3. The number of hydrogen-bond acceptors (Lipinski definition) is 7. The van der Waals surface area contributed by atoms with Crippen molar-refractivity contribution in [3.63, 3.8) is 0 Å². The number of aliphatic hydroxyl groups excluding tert-OH is 1. The molecule has 2 aliphatic rings. The molecule has 4 N–H and O–H groups in total. The van der Waals surface area contributed by atoms with E-state index in [1.165, 1.54) is 5.56 Å². The van der Waals surface area contributed by atoms with E-state index in [-0.39, 0.29) is 18.6 Å². The van der Waals surface area contributed by atoms with Crippen LogP contribution in [0, 0.1) is 0 Å². The number of nitrogens with zero attached hydrogens (tertiary/aromatic N) is 4. The van der Waals surface area contributed by atoms with Gasteiger partial charge in [0.2, 0.25) is 0 Å². The van der Waals surface area contributed by atoms with E-state index in [0.29, 0.717) is 17.5 Å². The standard InChI is InChI=1S/C29H38N6O4/c1-34-25-9-4-8-22(23(25)18-31-34)27(37)33-24(28(38)39)12-17-35(29(19-36)13-14-29)16-3-2-7-21-11-10-20-6-5-15-30-26(20)32-21/h4,8-11,18,24,36H,2-3,5-7,12-17,19H2,1H3,(H,30,32)(H,33,37)(H,38,39). The van der Waals surface area contributed by atoms with Gasteiger partial charge in [-0.05, 0) is 81.7 Å². The smallest absolute Gasteiger partial charge is 0.326 e. The van der Waals surface area contributed by atoms with Crippen LogP contribution in [0.15, 0.2) is 36.5 Å². The molecular weight excluding hydrogens is 496 g/mol. The van der Waals surface area contributed by atoms with E-state index >= 15 is 0 Å². The lowest BCUT2D eigenvalue weighted by molar-refractivity contribution is -0.139. The van der Waals surface area contributed by atoms with Crippen molar-refractivity contribution in [1.29, 1.82) is 0 Å². The van der Waals surface area contributed by atoms with Crippen molar-refractivity contribution < 1.29 is 19.8 Å². The normalized spacial score (nSPS) is 16.5. The van der Waals surface area contributed by atoms with Crippen LogP contribution < -0.4 is 10.6 Å². The zero-order valence-electron chi connectivity index (χ0n) is 22.5. The number of unbranched alkanes of at least 4 members (excludes halogenated alkanes) is 1. The third-order valence-corrected chi connectivity index (χ3v) is 8.18. The first-order chi connectivity index (χ1) is 18.9. The lowest BCUT2D eigenvalue weighted by Crippen LogP contribution is -2.46. The maximum absolute atomic E-state index is 13.1. The Labute approximate surface area is 228 Å². The highest BCUT2D eigenvalue weighted by Gasteiger charge is 2.47. The van der Waals surface area contributed by atoms with Crippen molar-refractivity contribution in [2.75, 3.05) is 31.6 Å². The lowest BCUT2D eigenvalue weighted by atomic mass is 10.1. The molecule has 1 fully saturated rings. The Kier molecular flexibility index (Phi) is 8.13. The number of aliphatic carboxylic acids is 1. The minimum absolute atomic E-state index is 0.0537. The number of aliphatic hydroxyl groups is 1. The summed E-state index contributed by atoms with van der Waals surface area (Å²) in [7, 11) is 1.80. The highest BCUT2D eigenvalue weighted by atomic mass is 16.4. The highest BCUT2D eigenvalue weighted by Crippen LogP contribution is 2.41. The van der Waals surface area contributed by atoms with Crippen LogP contribution in [-0.4, -0.2) is 79.6 Å². The summed E-state index contributed by atoms with van der Waals surface area (Å²) in [5.74, 6) is -0.482. The summed E-state index contributed by atoms with van der Waals surface area (Å²) in [6.07, 6.45) is 8.64. The zero-order valence-corrected chi connectivity index (χ0v) is 22.5. The van der Waals surface area contributed by atoms with Crippen LogP contribution in [0.5, 0.6) is 0 Å². The SMILES string of the molecule is Cn1ncc2c(C(=O)NC(CCN(CCCCc3ccc4c(n3)NCCC4)C3(CO)CC3)C(=O)O)cccc21. The van der Waals surface area contributed by atoms with E-state index in [1.807, 2.05) is 6.07 Å². The molecule has 3 heterocycles. The molecule has 1 saturated carbocycles. The molecule has 1 aliphatic heterocycles. The molecular formula is C29H38N6O4. The van der Waals surface area contributed by atoms with Gasteiger partial charge in [0.05, 0.1) is 23.9 Å². The van der Waals surface area contributed by atoms with Gasteiger partial charge in [0.15, 0.2) is 0 Å². The molecule has 3 aromatic rings. The molecule has 39 heavy (non-hydrogen) atoms. The van der Waals surface area contributed by atoms with E-state index in [2.05, 4.69) is 32.8 Å². The third kappa shape index (κ3) is 6.07. The molecule has 10 heteroatoms. The van der Waals surface area contributed by atoms with Gasteiger partial charge in [0.25, 0.3) is 5.91 Å². The van der Waals surface area contributed by atoms with Crippen molar-refractivity contribution >= 4 is 28.6 Å². The van der Waals surface area contributed by atoms with E-state index in [4.69, 9.17) is 4.98 Å². The Morgan fingerprint density at radius 3 is 2.82 bits per heavy atom. The van der Waals surface area contributed by atoms with Gasteiger partial charge in [-0.25, -0.2) is 9.78 Å². The van der Waals surface area contributed by atoms with E-state index in [9.17, 15) is 19.8 Å². The van der Waals surface area contributed by atoms with Gasteiger partial charge in [-0.15, -0.1) is 0 Å². The van der Waals surface area contributed by atoms with Crippen LogP contribution in [0.2, 0.25) is 0 Å². The van der Waals surface area contributed by atoms with Gasteiger partial charge in [0, 0.05) is 36.8 Å². The van der Waals surface area contributed by atoms with Gasteiger partial charge in [-0.2, -0.15) is 5.10 Å². The van der Waals surface area contributed by atoms with E-state index < -0.39 is 17.9 Å². The molecule has 5 rings (SSSR count). The number of carboxylic acids is 1. The molecule has 10 nitrogen and oxygen atoms in total.